The van der Waals surface area contributed by atoms with Gasteiger partial charge in [0.2, 0.25) is 0 Å². The lowest BCUT2D eigenvalue weighted by atomic mass is 9.91. The van der Waals surface area contributed by atoms with Crippen molar-refractivity contribution in [1.29, 1.82) is 0 Å². The minimum atomic E-state index is 0.402. The zero-order valence-corrected chi connectivity index (χ0v) is 11.6. The van der Waals surface area contributed by atoms with Crippen LogP contribution in [0.15, 0.2) is 12.1 Å². The van der Waals surface area contributed by atoms with Gasteiger partial charge in [-0.2, -0.15) is 0 Å². The molecule has 1 fully saturated rings. The Morgan fingerprint density at radius 1 is 1.22 bits per heavy atom. The number of rotatable bonds is 4. The second-order valence-corrected chi connectivity index (χ2v) is 4.73. The Hall–Kier alpha value is -1.22. The van der Waals surface area contributed by atoms with Gasteiger partial charge in [-0.05, 0) is 37.4 Å². The van der Waals surface area contributed by atoms with Crippen LogP contribution in [0.3, 0.4) is 0 Å². The standard InChI is InChI=1S/C15H23NO2/c1-4-11-8-9-13(17-2)15(18-3)14(11)12-7-5-6-10-16-12/h8-9,12,16H,4-7,10H2,1-3H3. The van der Waals surface area contributed by atoms with Crippen LogP contribution >= 0.6 is 0 Å². The van der Waals surface area contributed by atoms with Gasteiger partial charge in [-0.25, -0.2) is 0 Å². The van der Waals surface area contributed by atoms with Crippen LogP contribution in [-0.2, 0) is 6.42 Å². The van der Waals surface area contributed by atoms with E-state index >= 15 is 0 Å². The predicted molar refractivity (Wildman–Crippen MR) is 73.5 cm³/mol. The van der Waals surface area contributed by atoms with Gasteiger partial charge < -0.3 is 14.8 Å². The summed E-state index contributed by atoms with van der Waals surface area (Å²) in [5, 5.41) is 3.60. The first-order chi connectivity index (χ1) is 8.81. The quantitative estimate of drug-likeness (QED) is 0.889. The minimum absolute atomic E-state index is 0.402. The van der Waals surface area contributed by atoms with E-state index in [0.29, 0.717) is 6.04 Å². The van der Waals surface area contributed by atoms with Gasteiger partial charge in [0, 0.05) is 11.6 Å². The molecule has 1 aliphatic rings. The van der Waals surface area contributed by atoms with Gasteiger partial charge in [-0.3, -0.25) is 0 Å². The molecule has 3 heteroatoms. The molecule has 3 nitrogen and oxygen atoms in total. The molecule has 1 N–H and O–H groups in total. The van der Waals surface area contributed by atoms with E-state index in [9.17, 15) is 0 Å². The topological polar surface area (TPSA) is 30.5 Å². The third-order valence-corrected chi connectivity index (χ3v) is 3.71. The maximum atomic E-state index is 5.60. The van der Waals surface area contributed by atoms with E-state index in [1.807, 2.05) is 6.07 Å². The van der Waals surface area contributed by atoms with Crippen LogP contribution < -0.4 is 14.8 Å². The largest absolute Gasteiger partial charge is 0.493 e. The number of methoxy groups -OCH3 is 2. The van der Waals surface area contributed by atoms with Gasteiger partial charge in [0.05, 0.1) is 14.2 Å². The molecule has 1 atom stereocenters. The summed E-state index contributed by atoms with van der Waals surface area (Å²) in [4.78, 5) is 0. The lowest BCUT2D eigenvalue weighted by molar-refractivity contribution is 0.337. The highest BCUT2D eigenvalue weighted by Crippen LogP contribution is 2.40. The van der Waals surface area contributed by atoms with Crippen molar-refractivity contribution in [3.05, 3.63) is 23.3 Å². The number of aryl methyl sites for hydroxylation is 1. The number of hydrogen-bond acceptors (Lipinski definition) is 3. The molecule has 1 aromatic carbocycles. The van der Waals surface area contributed by atoms with Crippen LogP contribution in [0.25, 0.3) is 0 Å². The zero-order valence-electron chi connectivity index (χ0n) is 11.6. The Kier molecular flexibility index (Phi) is 4.48. The lowest BCUT2D eigenvalue weighted by Gasteiger charge is -2.28. The summed E-state index contributed by atoms with van der Waals surface area (Å²) in [6.07, 6.45) is 4.75. The second-order valence-electron chi connectivity index (χ2n) is 4.73. The molecule has 0 aromatic heterocycles. The van der Waals surface area contributed by atoms with Gasteiger partial charge in [0.15, 0.2) is 11.5 Å². The molecule has 0 spiro atoms. The third kappa shape index (κ3) is 2.46. The highest BCUT2D eigenvalue weighted by molar-refractivity contribution is 5.52. The summed E-state index contributed by atoms with van der Waals surface area (Å²) >= 11 is 0. The van der Waals surface area contributed by atoms with Gasteiger partial charge in [0.1, 0.15) is 0 Å². The van der Waals surface area contributed by atoms with Crippen LogP contribution in [0, 0.1) is 0 Å². The molecule has 0 bridgehead atoms. The first kappa shape index (κ1) is 13.2. The first-order valence-electron chi connectivity index (χ1n) is 6.79. The molecule has 18 heavy (non-hydrogen) atoms. The lowest BCUT2D eigenvalue weighted by Crippen LogP contribution is -2.28. The Labute approximate surface area is 109 Å². The highest BCUT2D eigenvalue weighted by Gasteiger charge is 2.23. The van der Waals surface area contributed by atoms with Crippen LogP contribution in [0.2, 0.25) is 0 Å². The van der Waals surface area contributed by atoms with Gasteiger partial charge in [0.25, 0.3) is 0 Å². The van der Waals surface area contributed by atoms with E-state index in [4.69, 9.17) is 9.47 Å². The minimum Gasteiger partial charge on any atom is -0.493 e. The van der Waals surface area contributed by atoms with Gasteiger partial charge in [-0.1, -0.05) is 19.4 Å². The molecule has 0 saturated carbocycles. The summed E-state index contributed by atoms with van der Waals surface area (Å²) < 4.78 is 11.0. The maximum absolute atomic E-state index is 5.60. The van der Waals surface area contributed by atoms with Crippen molar-refractivity contribution in [2.24, 2.45) is 0 Å². The Bertz CT molecular complexity index is 398. The third-order valence-electron chi connectivity index (χ3n) is 3.71. The van der Waals surface area contributed by atoms with Gasteiger partial charge >= 0.3 is 0 Å². The van der Waals surface area contributed by atoms with Gasteiger partial charge in [-0.15, -0.1) is 0 Å². The predicted octanol–water partition coefficient (Wildman–Crippen LogP) is 3.08. The van der Waals surface area contributed by atoms with E-state index in [0.717, 1.165) is 24.5 Å². The molecule has 100 valence electrons. The zero-order chi connectivity index (χ0) is 13.0. The van der Waals surface area contributed by atoms with Crippen molar-refractivity contribution in [3.8, 4) is 11.5 Å². The van der Waals surface area contributed by atoms with Crippen LogP contribution in [0.5, 0.6) is 11.5 Å². The van der Waals surface area contributed by atoms with Crippen molar-refractivity contribution in [3.63, 3.8) is 0 Å². The molecule has 0 aliphatic carbocycles. The molecule has 1 heterocycles. The molecule has 0 radical (unpaired) electrons. The van der Waals surface area contributed by atoms with Crippen molar-refractivity contribution in [2.75, 3.05) is 20.8 Å². The molecule has 1 aromatic rings. The number of nitrogens with one attached hydrogen (secondary N) is 1. The summed E-state index contributed by atoms with van der Waals surface area (Å²) in [5.74, 6) is 1.73. The van der Waals surface area contributed by atoms with Crippen molar-refractivity contribution >= 4 is 0 Å². The number of benzene rings is 1. The second kappa shape index (κ2) is 6.10. The summed E-state index contributed by atoms with van der Waals surface area (Å²) in [6, 6.07) is 4.57. The average Bonchev–Trinajstić information content (AvgIpc) is 2.46. The molecule has 1 aliphatic heterocycles. The molecule has 1 unspecified atom stereocenters. The first-order valence-corrected chi connectivity index (χ1v) is 6.79. The van der Waals surface area contributed by atoms with E-state index in [2.05, 4.69) is 18.3 Å². The monoisotopic (exact) mass is 249 g/mol. The Morgan fingerprint density at radius 2 is 2.06 bits per heavy atom. The van der Waals surface area contributed by atoms with E-state index in [1.165, 1.54) is 30.4 Å². The SMILES string of the molecule is CCc1ccc(OC)c(OC)c1C1CCCCN1. The Balaban J connectivity index is 2.45. The fourth-order valence-electron chi connectivity index (χ4n) is 2.78. The van der Waals surface area contributed by atoms with Crippen molar-refractivity contribution in [2.45, 2.75) is 38.6 Å². The highest BCUT2D eigenvalue weighted by atomic mass is 16.5. The van der Waals surface area contributed by atoms with Crippen molar-refractivity contribution in [1.82, 2.24) is 5.32 Å². The molecule has 2 rings (SSSR count). The summed E-state index contributed by atoms with van der Waals surface area (Å²) in [6.45, 7) is 3.28. The van der Waals surface area contributed by atoms with E-state index < -0.39 is 0 Å². The van der Waals surface area contributed by atoms with E-state index in [-0.39, 0.29) is 0 Å². The molecule has 0 amide bonds. The van der Waals surface area contributed by atoms with Crippen LogP contribution in [-0.4, -0.2) is 20.8 Å². The summed E-state index contributed by atoms with van der Waals surface area (Å²) in [7, 11) is 3.42. The normalized spacial score (nSPS) is 19.6. The molecular weight excluding hydrogens is 226 g/mol. The van der Waals surface area contributed by atoms with Crippen molar-refractivity contribution < 1.29 is 9.47 Å². The summed E-state index contributed by atoms with van der Waals surface area (Å²) in [5.41, 5.74) is 2.64. The Morgan fingerprint density at radius 3 is 2.61 bits per heavy atom. The van der Waals surface area contributed by atoms with Crippen LogP contribution in [0.1, 0.15) is 43.4 Å². The smallest absolute Gasteiger partial charge is 0.165 e. The van der Waals surface area contributed by atoms with Crippen LogP contribution in [0.4, 0.5) is 0 Å². The fourth-order valence-corrected chi connectivity index (χ4v) is 2.78. The van der Waals surface area contributed by atoms with E-state index in [1.54, 1.807) is 14.2 Å². The number of hydrogen-bond donors (Lipinski definition) is 1. The fraction of sp³-hybridized carbons (Fsp3) is 0.600. The number of piperidine rings is 1. The maximum Gasteiger partial charge on any atom is 0.165 e. The molecule has 1 saturated heterocycles. The average molecular weight is 249 g/mol. The number of ether oxygens (including phenoxy) is 2. The molecular formula is C15H23NO2.